The minimum absolute atomic E-state index is 0.800. The molecule has 1 unspecified atom stereocenters. The zero-order valence-electron chi connectivity index (χ0n) is 11.0. The Bertz CT molecular complexity index is 404. The quantitative estimate of drug-likeness (QED) is 0.808. The predicted molar refractivity (Wildman–Crippen MR) is 75.3 cm³/mol. The highest BCUT2D eigenvalue weighted by Crippen LogP contribution is 2.22. The van der Waals surface area contributed by atoms with Crippen molar-refractivity contribution in [3.63, 3.8) is 0 Å². The van der Waals surface area contributed by atoms with Crippen LogP contribution >= 0.6 is 0 Å². The Balaban J connectivity index is 1.65. The third-order valence-electron chi connectivity index (χ3n) is 4.24. The van der Waals surface area contributed by atoms with E-state index >= 15 is 0 Å². The lowest BCUT2D eigenvalue weighted by atomic mass is 10.1. The van der Waals surface area contributed by atoms with Gasteiger partial charge in [-0.05, 0) is 56.6 Å². The maximum Gasteiger partial charge on any atom is 0.0317 e. The molecule has 3 heteroatoms. The zero-order chi connectivity index (χ0) is 12.4. The summed E-state index contributed by atoms with van der Waals surface area (Å²) in [4.78, 5) is 5.28. The summed E-state index contributed by atoms with van der Waals surface area (Å²) in [7, 11) is 0. The molecule has 2 fully saturated rings. The molecule has 0 aromatic heterocycles. The summed E-state index contributed by atoms with van der Waals surface area (Å²) in [6.45, 7) is 6.11. The molecule has 0 radical (unpaired) electrons. The van der Waals surface area contributed by atoms with Gasteiger partial charge in [0.15, 0.2) is 0 Å². The first kappa shape index (κ1) is 12.0. The van der Waals surface area contributed by atoms with Gasteiger partial charge in [0.1, 0.15) is 0 Å². The van der Waals surface area contributed by atoms with Crippen molar-refractivity contribution in [2.75, 3.05) is 31.9 Å². The summed E-state index contributed by atoms with van der Waals surface area (Å²) in [5, 5.41) is 0. The fourth-order valence-electron chi connectivity index (χ4n) is 3.38. The van der Waals surface area contributed by atoms with Gasteiger partial charge in [-0.2, -0.15) is 0 Å². The molecule has 98 valence electrons. The number of nitrogen functional groups attached to an aromatic ring is 1. The maximum absolute atomic E-state index is 5.85. The van der Waals surface area contributed by atoms with Crippen LogP contribution in [0.4, 0.5) is 5.69 Å². The van der Waals surface area contributed by atoms with Gasteiger partial charge in [-0.3, -0.25) is 9.80 Å². The van der Waals surface area contributed by atoms with E-state index in [-0.39, 0.29) is 0 Å². The van der Waals surface area contributed by atoms with Gasteiger partial charge in [0.05, 0.1) is 0 Å². The number of fused-ring (bicyclic) bond motifs is 1. The molecule has 18 heavy (non-hydrogen) atoms. The highest BCUT2D eigenvalue weighted by atomic mass is 15.3. The number of rotatable bonds is 2. The first-order chi connectivity index (χ1) is 8.81. The van der Waals surface area contributed by atoms with Crippen LogP contribution in [0.25, 0.3) is 0 Å². The topological polar surface area (TPSA) is 32.5 Å². The molecule has 0 spiro atoms. The van der Waals surface area contributed by atoms with E-state index in [0.717, 1.165) is 18.3 Å². The molecule has 1 aromatic carbocycles. The third-order valence-corrected chi connectivity index (χ3v) is 4.24. The first-order valence-electron chi connectivity index (χ1n) is 7.12. The van der Waals surface area contributed by atoms with E-state index < -0.39 is 0 Å². The van der Waals surface area contributed by atoms with Crippen molar-refractivity contribution >= 4 is 5.69 Å². The van der Waals surface area contributed by atoms with E-state index in [1.807, 2.05) is 6.07 Å². The van der Waals surface area contributed by atoms with Crippen molar-refractivity contribution in [1.29, 1.82) is 0 Å². The van der Waals surface area contributed by atoms with Crippen LogP contribution in [0, 0.1) is 0 Å². The van der Waals surface area contributed by atoms with E-state index in [1.54, 1.807) is 0 Å². The van der Waals surface area contributed by atoms with Crippen LogP contribution in [0.1, 0.15) is 24.8 Å². The second-order valence-electron chi connectivity index (χ2n) is 5.67. The number of nitrogens with two attached hydrogens (primary N) is 1. The number of hydrogen-bond acceptors (Lipinski definition) is 3. The molecule has 2 heterocycles. The van der Waals surface area contributed by atoms with E-state index in [2.05, 4.69) is 28.0 Å². The average molecular weight is 245 g/mol. The van der Waals surface area contributed by atoms with Crippen LogP contribution in [0.3, 0.4) is 0 Å². The number of anilines is 1. The summed E-state index contributed by atoms with van der Waals surface area (Å²) in [6, 6.07) is 9.12. The number of benzene rings is 1. The summed E-state index contributed by atoms with van der Waals surface area (Å²) < 4.78 is 0. The average Bonchev–Trinajstić information content (AvgIpc) is 2.69. The maximum atomic E-state index is 5.85. The summed E-state index contributed by atoms with van der Waals surface area (Å²) in [6.07, 6.45) is 4.07. The Morgan fingerprint density at radius 3 is 2.94 bits per heavy atom. The lowest BCUT2D eigenvalue weighted by Gasteiger charge is -2.25. The fraction of sp³-hybridized carbons (Fsp3) is 0.600. The minimum atomic E-state index is 0.800. The molecule has 1 aromatic rings. The van der Waals surface area contributed by atoms with E-state index in [9.17, 15) is 0 Å². The predicted octanol–water partition coefficient (Wildman–Crippen LogP) is 1.94. The Hall–Kier alpha value is -1.06. The van der Waals surface area contributed by atoms with Gasteiger partial charge >= 0.3 is 0 Å². The van der Waals surface area contributed by atoms with Gasteiger partial charge < -0.3 is 5.73 Å². The minimum Gasteiger partial charge on any atom is -0.399 e. The van der Waals surface area contributed by atoms with Gasteiger partial charge in [0.25, 0.3) is 0 Å². The van der Waals surface area contributed by atoms with Gasteiger partial charge in [-0.15, -0.1) is 0 Å². The zero-order valence-corrected chi connectivity index (χ0v) is 11.0. The van der Waals surface area contributed by atoms with Gasteiger partial charge in [0.2, 0.25) is 0 Å². The van der Waals surface area contributed by atoms with E-state index in [0.29, 0.717) is 0 Å². The highest BCUT2D eigenvalue weighted by molar-refractivity contribution is 5.40. The van der Waals surface area contributed by atoms with Crippen LogP contribution in [-0.2, 0) is 6.54 Å². The third kappa shape index (κ3) is 2.68. The van der Waals surface area contributed by atoms with Crippen molar-refractivity contribution in [2.45, 2.75) is 31.8 Å². The summed E-state index contributed by atoms with van der Waals surface area (Å²) in [5.74, 6) is 0. The Morgan fingerprint density at radius 2 is 2.06 bits per heavy atom. The molecule has 2 aliphatic rings. The smallest absolute Gasteiger partial charge is 0.0317 e. The van der Waals surface area contributed by atoms with Crippen LogP contribution in [0.2, 0.25) is 0 Å². The van der Waals surface area contributed by atoms with Gasteiger partial charge in [-0.25, -0.2) is 0 Å². The molecule has 2 aliphatic heterocycles. The van der Waals surface area contributed by atoms with Crippen molar-refractivity contribution in [3.05, 3.63) is 29.8 Å². The molecule has 1 atom stereocenters. The largest absolute Gasteiger partial charge is 0.399 e. The molecule has 0 aliphatic carbocycles. The van der Waals surface area contributed by atoms with Crippen molar-refractivity contribution in [1.82, 2.24) is 9.80 Å². The van der Waals surface area contributed by atoms with E-state index in [4.69, 9.17) is 5.73 Å². The van der Waals surface area contributed by atoms with E-state index in [1.165, 1.54) is 51.0 Å². The van der Waals surface area contributed by atoms with Crippen LogP contribution < -0.4 is 5.73 Å². The Morgan fingerprint density at radius 1 is 1.17 bits per heavy atom. The molecule has 3 rings (SSSR count). The van der Waals surface area contributed by atoms with Crippen molar-refractivity contribution in [3.8, 4) is 0 Å². The van der Waals surface area contributed by atoms with Crippen molar-refractivity contribution in [2.24, 2.45) is 0 Å². The normalized spacial score (nSPS) is 25.9. The molecule has 0 amide bonds. The molecule has 0 saturated carbocycles. The van der Waals surface area contributed by atoms with Gasteiger partial charge in [0, 0.05) is 24.8 Å². The van der Waals surface area contributed by atoms with Crippen molar-refractivity contribution < 1.29 is 0 Å². The summed E-state index contributed by atoms with van der Waals surface area (Å²) in [5.41, 5.74) is 8.08. The lowest BCUT2D eigenvalue weighted by Crippen LogP contribution is -2.36. The molecular weight excluding hydrogens is 222 g/mol. The number of hydrogen-bond donors (Lipinski definition) is 1. The highest BCUT2D eigenvalue weighted by Gasteiger charge is 2.28. The Kier molecular flexibility index (Phi) is 3.52. The van der Waals surface area contributed by atoms with Gasteiger partial charge in [-0.1, -0.05) is 12.1 Å². The SMILES string of the molecule is Nc1cccc(CN2CCCN3CCCC3C2)c1. The van der Waals surface area contributed by atoms with Crippen LogP contribution in [-0.4, -0.2) is 42.0 Å². The lowest BCUT2D eigenvalue weighted by molar-refractivity contribution is 0.215. The molecule has 0 bridgehead atoms. The van der Waals surface area contributed by atoms with Crippen LogP contribution in [0.15, 0.2) is 24.3 Å². The summed E-state index contributed by atoms with van der Waals surface area (Å²) >= 11 is 0. The standard InChI is InChI=1S/C15H23N3/c16-14-5-1-4-13(10-14)11-17-7-3-9-18-8-2-6-15(18)12-17/h1,4-5,10,15H,2-3,6-9,11-12,16H2. The molecular formula is C15H23N3. The second kappa shape index (κ2) is 5.29. The number of nitrogens with zero attached hydrogens (tertiary/aromatic N) is 2. The Labute approximate surface area is 110 Å². The second-order valence-corrected chi connectivity index (χ2v) is 5.67. The molecule has 2 N–H and O–H groups in total. The fourth-order valence-corrected chi connectivity index (χ4v) is 3.38. The first-order valence-corrected chi connectivity index (χ1v) is 7.12. The van der Waals surface area contributed by atoms with Crippen LogP contribution in [0.5, 0.6) is 0 Å². The molecule has 3 nitrogen and oxygen atoms in total. The molecule has 2 saturated heterocycles. The monoisotopic (exact) mass is 245 g/mol.